The van der Waals surface area contributed by atoms with Gasteiger partial charge in [-0.2, -0.15) is 13.2 Å². The first kappa shape index (κ1) is 12.8. The molecule has 0 amide bonds. The molecule has 0 saturated heterocycles. The van der Waals surface area contributed by atoms with Gasteiger partial charge in [-0.3, -0.25) is 0 Å². The Labute approximate surface area is 90.6 Å². The second kappa shape index (κ2) is 4.71. The smallest absolute Gasteiger partial charge is 0.416 e. The number of alkyl halides is 3. The molecule has 1 atom stereocenters. The fourth-order valence-electron chi connectivity index (χ4n) is 1.33. The third-order valence-electron chi connectivity index (χ3n) is 2.16. The summed E-state index contributed by atoms with van der Waals surface area (Å²) in [7, 11) is 1.28. The van der Waals surface area contributed by atoms with Crippen LogP contribution in [0, 0.1) is 0 Å². The summed E-state index contributed by atoms with van der Waals surface area (Å²) in [6.45, 7) is -0.546. The van der Waals surface area contributed by atoms with E-state index in [1.807, 2.05) is 0 Å². The minimum absolute atomic E-state index is 0.0983. The minimum Gasteiger partial charge on any atom is -0.497 e. The molecule has 3 nitrogen and oxygen atoms in total. The van der Waals surface area contributed by atoms with E-state index in [1.165, 1.54) is 19.2 Å². The van der Waals surface area contributed by atoms with Crippen LogP contribution in [0.2, 0.25) is 0 Å². The van der Waals surface area contributed by atoms with Gasteiger partial charge in [0.05, 0.1) is 25.3 Å². The summed E-state index contributed by atoms with van der Waals surface area (Å²) in [6, 6.07) is 2.40. The normalized spacial score (nSPS) is 13.6. The number of rotatable bonds is 3. The molecule has 0 fully saturated rings. The SMILES string of the molecule is COc1ccc([C@H](N)CO)c(C(F)(F)F)c1. The number of aliphatic hydroxyl groups is 1. The van der Waals surface area contributed by atoms with Crippen molar-refractivity contribution < 1.29 is 23.0 Å². The van der Waals surface area contributed by atoms with Crippen molar-refractivity contribution in [2.24, 2.45) is 5.73 Å². The van der Waals surface area contributed by atoms with E-state index in [4.69, 9.17) is 15.6 Å². The van der Waals surface area contributed by atoms with E-state index in [0.717, 1.165) is 6.07 Å². The summed E-state index contributed by atoms with van der Waals surface area (Å²) in [4.78, 5) is 0. The van der Waals surface area contributed by atoms with E-state index in [9.17, 15) is 13.2 Å². The molecule has 0 aromatic heterocycles. The van der Waals surface area contributed by atoms with Crippen LogP contribution >= 0.6 is 0 Å². The first-order valence-electron chi connectivity index (χ1n) is 4.51. The largest absolute Gasteiger partial charge is 0.497 e. The van der Waals surface area contributed by atoms with Crippen LogP contribution in [0.15, 0.2) is 18.2 Å². The second-order valence-corrected chi connectivity index (χ2v) is 3.24. The van der Waals surface area contributed by atoms with Crippen molar-refractivity contribution in [1.29, 1.82) is 0 Å². The average Bonchev–Trinajstić information content (AvgIpc) is 2.26. The Bertz CT molecular complexity index is 366. The van der Waals surface area contributed by atoms with Crippen LogP contribution in [0.25, 0.3) is 0 Å². The van der Waals surface area contributed by atoms with Gasteiger partial charge in [-0.25, -0.2) is 0 Å². The maximum Gasteiger partial charge on any atom is 0.416 e. The Morgan fingerprint density at radius 2 is 2.06 bits per heavy atom. The molecular weight excluding hydrogens is 223 g/mol. The second-order valence-electron chi connectivity index (χ2n) is 3.24. The number of hydrogen-bond donors (Lipinski definition) is 2. The van der Waals surface area contributed by atoms with Crippen LogP contribution in [0.1, 0.15) is 17.2 Å². The highest BCUT2D eigenvalue weighted by Gasteiger charge is 2.35. The van der Waals surface area contributed by atoms with Crippen LogP contribution in [0.3, 0.4) is 0 Å². The molecule has 0 aliphatic heterocycles. The standard InChI is InChI=1S/C10H12F3NO2/c1-16-6-2-3-7(9(14)5-15)8(4-6)10(11,12)13/h2-4,9,15H,5,14H2,1H3/t9-/m1/s1. The lowest BCUT2D eigenvalue weighted by Gasteiger charge is -2.17. The van der Waals surface area contributed by atoms with E-state index < -0.39 is 24.4 Å². The van der Waals surface area contributed by atoms with Crippen molar-refractivity contribution in [1.82, 2.24) is 0 Å². The Morgan fingerprint density at radius 1 is 1.44 bits per heavy atom. The van der Waals surface area contributed by atoms with Gasteiger partial charge in [0.1, 0.15) is 5.75 Å². The molecule has 90 valence electrons. The predicted molar refractivity (Wildman–Crippen MR) is 52.0 cm³/mol. The van der Waals surface area contributed by atoms with Crippen molar-refractivity contribution in [3.05, 3.63) is 29.3 Å². The first-order valence-corrected chi connectivity index (χ1v) is 4.51. The van der Waals surface area contributed by atoms with Gasteiger partial charge >= 0.3 is 6.18 Å². The van der Waals surface area contributed by atoms with E-state index in [0.29, 0.717) is 0 Å². The van der Waals surface area contributed by atoms with Gasteiger partial charge in [-0.15, -0.1) is 0 Å². The Hall–Kier alpha value is -1.27. The number of methoxy groups -OCH3 is 1. The molecule has 0 unspecified atom stereocenters. The molecule has 1 aromatic carbocycles. The molecule has 3 N–H and O–H groups in total. The lowest BCUT2D eigenvalue weighted by Crippen LogP contribution is -2.20. The topological polar surface area (TPSA) is 55.5 Å². The number of nitrogens with two attached hydrogens (primary N) is 1. The predicted octanol–water partition coefficient (Wildman–Crippen LogP) is 1.71. The van der Waals surface area contributed by atoms with Crippen LogP contribution in [0.4, 0.5) is 13.2 Å². The van der Waals surface area contributed by atoms with Crippen LogP contribution in [-0.2, 0) is 6.18 Å². The summed E-state index contributed by atoms with van der Waals surface area (Å²) in [5.41, 5.74) is 4.37. The third-order valence-corrected chi connectivity index (χ3v) is 2.16. The molecule has 6 heteroatoms. The van der Waals surface area contributed by atoms with Gasteiger partial charge in [0.2, 0.25) is 0 Å². The van der Waals surface area contributed by atoms with Gasteiger partial charge in [-0.1, -0.05) is 6.07 Å². The summed E-state index contributed by atoms with van der Waals surface area (Å²) >= 11 is 0. The molecule has 0 saturated carbocycles. The van der Waals surface area contributed by atoms with E-state index >= 15 is 0 Å². The lowest BCUT2D eigenvalue weighted by atomic mass is 10.0. The minimum atomic E-state index is -4.52. The zero-order chi connectivity index (χ0) is 12.3. The molecule has 16 heavy (non-hydrogen) atoms. The number of hydrogen-bond acceptors (Lipinski definition) is 3. The zero-order valence-electron chi connectivity index (χ0n) is 8.58. The van der Waals surface area contributed by atoms with E-state index in [1.54, 1.807) is 0 Å². The maximum atomic E-state index is 12.7. The molecular formula is C10H12F3NO2. The third kappa shape index (κ3) is 2.65. The molecule has 0 aliphatic rings. The van der Waals surface area contributed by atoms with Gasteiger partial charge in [0.25, 0.3) is 0 Å². The maximum absolute atomic E-state index is 12.7. The molecule has 1 aromatic rings. The Morgan fingerprint density at radius 3 is 2.50 bits per heavy atom. The molecule has 1 rings (SSSR count). The molecule has 0 bridgehead atoms. The summed E-state index contributed by atoms with van der Waals surface area (Å²) in [5, 5.41) is 8.78. The average molecular weight is 235 g/mol. The number of halogens is 3. The summed E-state index contributed by atoms with van der Waals surface area (Å²) in [5.74, 6) is 0.0983. The monoisotopic (exact) mass is 235 g/mol. The fourth-order valence-corrected chi connectivity index (χ4v) is 1.33. The molecule has 0 heterocycles. The van der Waals surface area contributed by atoms with Gasteiger partial charge in [0, 0.05) is 0 Å². The quantitative estimate of drug-likeness (QED) is 0.838. The Kier molecular flexibility index (Phi) is 3.77. The highest BCUT2D eigenvalue weighted by molar-refractivity contribution is 5.39. The van der Waals surface area contributed by atoms with Crippen molar-refractivity contribution >= 4 is 0 Å². The van der Waals surface area contributed by atoms with Crippen LogP contribution in [0.5, 0.6) is 5.75 Å². The highest BCUT2D eigenvalue weighted by atomic mass is 19.4. The summed E-state index contributed by atoms with van der Waals surface area (Å²) in [6.07, 6.45) is -4.52. The van der Waals surface area contributed by atoms with Crippen LogP contribution < -0.4 is 10.5 Å². The Balaban J connectivity index is 3.27. The highest BCUT2D eigenvalue weighted by Crippen LogP contribution is 2.36. The van der Waals surface area contributed by atoms with Gasteiger partial charge in [0.15, 0.2) is 0 Å². The van der Waals surface area contributed by atoms with Gasteiger partial charge in [-0.05, 0) is 17.7 Å². The molecule has 0 radical (unpaired) electrons. The first-order chi connectivity index (χ1) is 7.40. The summed E-state index contributed by atoms with van der Waals surface area (Å²) < 4.78 is 42.7. The van der Waals surface area contributed by atoms with Crippen molar-refractivity contribution in [3.63, 3.8) is 0 Å². The van der Waals surface area contributed by atoms with Crippen molar-refractivity contribution in [2.75, 3.05) is 13.7 Å². The van der Waals surface area contributed by atoms with E-state index in [2.05, 4.69) is 0 Å². The lowest BCUT2D eigenvalue weighted by molar-refractivity contribution is -0.138. The fraction of sp³-hybridized carbons (Fsp3) is 0.400. The van der Waals surface area contributed by atoms with Crippen LogP contribution in [-0.4, -0.2) is 18.8 Å². The van der Waals surface area contributed by atoms with Gasteiger partial charge < -0.3 is 15.6 Å². The molecule has 0 spiro atoms. The van der Waals surface area contributed by atoms with E-state index in [-0.39, 0.29) is 11.3 Å². The number of benzene rings is 1. The zero-order valence-corrected chi connectivity index (χ0v) is 8.58. The molecule has 0 aliphatic carbocycles. The number of ether oxygens (including phenoxy) is 1. The number of aliphatic hydroxyl groups excluding tert-OH is 1. The van der Waals surface area contributed by atoms with Crippen molar-refractivity contribution in [3.8, 4) is 5.75 Å². The van der Waals surface area contributed by atoms with Crippen molar-refractivity contribution in [2.45, 2.75) is 12.2 Å².